The summed E-state index contributed by atoms with van der Waals surface area (Å²) in [6, 6.07) is 4.91. The second-order valence-electron chi connectivity index (χ2n) is 8.67. The van der Waals surface area contributed by atoms with E-state index in [9.17, 15) is 14.4 Å². The fourth-order valence-corrected chi connectivity index (χ4v) is 5.54. The molecule has 1 aliphatic heterocycles. The molecule has 0 spiro atoms. The molecule has 1 N–H and O–H groups in total. The number of amides is 3. The van der Waals surface area contributed by atoms with E-state index < -0.39 is 6.04 Å². The van der Waals surface area contributed by atoms with E-state index in [4.69, 9.17) is 0 Å². The predicted molar refractivity (Wildman–Crippen MR) is 101 cm³/mol. The average molecular weight is 364 g/mol. The Balaban J connectivity index is 1.37. The molecule has 2 saturated carbocycles. The Bertz CT molecular complexity index is 869. The average Bonchev–Trinajstić information content (AvgIpc) is 3.42. The summed E-state index contributed by atoms with van der Waals surface area (Å²) in [6.07, 6.45) is 5.43. The van der Waals surface area contributed by atoms with Crippen LogP contribution in [0.1, 0.15) is 24.5 Å². The molecule has 3 fully saturated rings. The van der Waals surface area contributed by atoms with Crippen LogP contribution >= 0.6 is 0 Å². The highest BCUT2D eigenvalue weighted by atomic mass is 16.2. The molecule has 27 heavy (non-hydrogen) atoms. The second kappa shape index (κ2) is 5.54. The van der Waals surface area contributed by atoms with Crippen LogP contribution in [0.25, 0.3) is 0 Å². The minimum absolute atomic E-state index is 0.155. The van der Waals surface area contributed by atoms with Crippen LogP contribution in [0.5, 0.6) is 0 Å². The number of carbonyl (C=O) groups is 3. The van der Waals surface area contributed by atoms with Gasteiger partial charge in [-0.05, 0) is 74.1 Å². The SMILES string of the molecule is Cc1ccc(NC(=O)[C@@H](C)N2C(=O)[C@@H]3[C@@H]4C=C[C@H]([C@H]5C[C@H]45)[C@@H]3C2=O)cc1C. The van der Waals surface area contributed by atoms with Gasteiger partial charge in [0.15, 0.2) is 0 Å². The normalized spacial score (nSPS) is 36.5. The van der Waals surface area contributed by atoms with Gasteiger partial charge in [0.25, 0.3) is 0 Å². The first-order chi connectivity index (χ1) is 12.9. The molecule has 0 aromatic heterocycles. The number of nitrogens with one attached hydrogen (secondary N) is 1. The molecule has 1 saturated heterocycles. The van der Waals surface area contributed by atoms with Crippen LogP contribution in [-0.2, 0) is 14.4 Å². The van der Waals surface area contributed by atoms with Crippen molar-refractivity contribution in [2.45, 2.75) is 33.2 Å². The van der Waals surface area contributed by atoms with Crippen molar-refractivity contribution in [3.63, 3.8) is 0 Å². The van der Waals surface area contributed by atoms with Gasteiger partial charge in [0.1, 0.15) is 6.04 Å². The monoisotopic (exact) mass is 364 g/mol. The number of carbonyl (C=O) groups excluding carboxylic acids is 3. The molecule has 6 rings (SSSR count). The molecule has 4 aliphatic carbocycles. The van der Waals surface area contributed by atoms with E-state index in [1.54, 1.807) is 6.92 Å². The quantitative estimate of drug-likeness (QED) is 0.662. The Hall–Kier alpha value is -2.43. The molecule has 5 heteroatoms. The van der Waals surface area contributed by atoms with E-state index >= 15 is 0 Å². The Kier molecular flexibility index (Phi) is 3.43. The van der Waals surface area contributed by atoms with Gasteiger partial charge in [0.2, 0.25) is 17.7 Å². The number of allylic oxidation sites excluding steroid dienone is 2. The van der Waals surface area contributed by atoms with Gasteiger partial charge in [-0.1, -0.05) is 18.2 Å². The maximum atomic E-state index is 13.1. The zero-order valence-electron chi connectivity index (χ0n) is 15.8. The molecule has 1 aromatic carbocycles. The summed E-state index contributed by atoms with van der Waals surface area (Å²) >= 11 is 0. The van der Waals surface area contributed by atoms with Gasteiger partial charge < -0.3 is 5.32 Å². The zero-order chi connectivity index (χ0) is 19.0. The van der Waals surface area contributed by atoms with E-state index in [-0.39, 0.29) is 41.4 Å². The molecule has 1 heterocycles. The van der Waals surface area contributed by atoms with Gasteiger partial charge in [-0.3, -0.25) is 19.3 Å². The first-order valence-corrected chi connectivity index (χ1v) is 9.82. The lowest BCUT2D eigenvalue weighted by Crippen LogP contribution is -2.46. The van der Waals surface area contributed by atoms with Gasteiger partial charge in [-0.15, -0.1) is 0 Å². The second-order valence-corrected chi connectivity index (χ2v) is 8.67. The Labute approximate surface area is 158 Å². The van der Waals surface area contributed by atoms with Crippen LogP contribution in [0.4, 0.5) is 5.69 Å². The van der Waals surface area contributed by atoms with Crippen molar-refractivity contribution in [2.24, 2.45) is 35.5 Å². The van der Waals surface area contributed by atoms with E-state index in [2.05, 4.69) is 17.5 Å². The summed E-state index contributed by atoms with van der Waals surface area (Å²) in [7, 11) is 0. The van der Waals surface area contributed by atoms with Crippen LogP contribution in [0.2, 0.25) is 0 Å². The summed E-state index contributed by atoms with van der Waals surface area (Å²) < 4.78 is 0. The van der Waals surface area contributed by atoms with Crippen LogP contribution in [-0.4, -0.2) is 28.7 Å². The van der Waals surface area contributed by atoms with Crippen molar-refractivity contribution in [1.29, 1.82) is 0 Å². The van der Waals surface area contributed by atoms with E-state index in [0.717, 1.165) is 17.5 Å². The van der Waals surface area contributed by atoms with Crippen molar-refractivity contribution >= 4 is 23.4 Å². The molecule has 5 nitrogen and oxygen atoms in total. The molecule has 7 atom stereocenters. The highest BCUT2D eigenvalue weighted by molar-refractivity contribution is 6.10. The summed E-state index contributed by atoms with van der Waals surface area (Å²) in [5.74, 6) is 0.360. The highest BCUT2D eigenvalue weighted by Gasteiger charge is 2.67. The predicted octanol–water partition coefficient (Wildman–Crippen LogP) is 2.68. The molecule has 1 aromatic rings. The lowest BCUT2D eigenvalue weighted by atomic mass is 9.63. The van der Waals surface area contributed by atoms with Crippen LogP contribution < -0.4 is 5.32 Å². The van der Waals surface area contributed by atoms with Crippen LogP contribution in [0, 0.1) is 49.4 Å². The smallest absolute Gasteiger partial charge is 0.247 e. The van der Waals surface area contributed by atoms with Crippen LogP contribution in [0.15, 0.2) is 30.4 Å². The van der Waals surface area contributed by atoms with Crippen LogP contribution in [0.3, 0.4) is 0 Å². The number of anilines is 1. The molecule has 0 unspecified atom stereocenters. The van der Waals surface area contributed by atoms with Gasteiger partial charge in [0, 0.05) is 5.69 Å². The number of nitrogens with zero attached hydrogens (tertiary/aromatic N) is 1. The molecular weight excluding hydrogens is 340 g/mol. The Morgan fingerprint density at radius 1 is 1.04 bits per heavy atom. The van der Waals surface area contributed by atoms with Crippen molar-refractivity contribution in [1.82, 2.24) is 4.90 Å². The Morgan fingerprint density at radius 3 is 2.19 bits per heavy atom. The summed E-state index contributed by atoms with van der Waals surface area (Å²) in [5.41, 5.74) is 2.92. The molecular formula is C22H24N2O3. The van der Waals surface area contributed by atoms with E-state index in [1.807, 2.05) is 32.0 Å². The third-order valence-electron chi connectivity index (χ3n) is 7.24. The summed E-state index contributed by atoms with van der Waals surface area (Å²) in [5, 5.41) is 2.86. The van der Waals surface area contributed by atoms with Gasteiger partial charge in [0.05, 0.1) is 11.8 Å². The third kappa shape index (κ3) is 2.27. The minimum atomic E-state index is -0.798. The molecule has 3 amide bonds. The first-order valence-electron chi connectivity index (χ1n) is 9.82. The summed E-state index contributed by atoms with van der Waals surface area (Å²) in [6.45, 7) is 5.65. The minimum Gasteiger partial charge on any atom is -0.324 e. The summed E-state index contributed by atoms with van der Waals surface area (Å²) in [4.78, 5) is 40.2. The largest absolute Gasteiger partial charge is 0.324 e. The van der Waals surface area contributed by atoms with Crippen molar-refractivity contribution in [2.75, 3.05) is 5.32 Å². The van der Waals surface area contributed by atoms with Gasteiger partial charge >= 0.3 is 0 Å². The maximum absolute atomic E-state index is 13.1. The van der Waals surface area contributed by atoms with Crippen molar-refractivity contribution in [3.8, 4) is 0 Å². The lowest BCUT2D eigenvalue weighted by molar-refractivity contribution is -0.146. The topological polar surface area (TPSA) is 66.5 Å². The number of rotatable bonds is 3. The lowest BCUT2D eigenvalue weighted by Gasteiger charge is -2.37. The first kappa shape index (κ1) is 16.7. The zero-order valence-corrected chi connectivity index (χ0v) is 15.8. The van der Waals surface area contributed by atoms with Gasteiger partial charge in [-0.2, -0.15) is 0 Å². The molecule has 5 aliphatic rings. The maximum Gasteiger partial charge on any atom is 0.247 e. The number of aryl methyl sites for hydroxylation is 2. The van der Waals surface area contributed by atoms with Gasteiger partial charge in [-0.25, -0.2) is 0 Å². The fourth-order valence-electron chi connectivity index (χ4n) is 5.54. The van der Waals surface area contributed by atoms with Crippen molar-refractivity contribution in [3.05, 3.63) is 41.5 Å². The van der Waals surface area contributed by atoms with E-state index in [1.165, 1.54) is 4.90 Å². The Morgan fingerprint density at radius 2 is 1.63 bits per heavy atom. The number of benzene rings is 1. The fraction of sp³-hybridized carbons (Fsp3) is 0.500. The molecule has 2 bridgehead atoms. The molecule has 0 radical (unpaired) electrons. The number of imide groups is 1. The van der Waals surface area contributed by atoms with Crippen molar-refractivity contribution < 1.29 is 14.4 Å². The highest BCUT2D eigenvalue weighted by Crippen LogP contribution is 2.65. The third-order valence-corrected chi connectivity index (χ3v) is 7.24. The van der Waals surface area contributed by atoms with E-state index in [0.29, 0.717) is 17.5 Å². The standard InChI is InChI=1S/C22H24N2O3/c1-10-4-5-13(8-11(10)2)23-20(25)12(3)24-21(26)18-14-6-7-15(17-9-16(14)17)19(18)22(24)27/h4-8,12,14-19H,9H2,1-3H3,(H,23,25)/t12-,14-,15-,16-,17-,18-,19+/m1/s1. The number of hydrogen-bond donors (Lipinski definition) is 1. The number of likely N-dealkylation sites (tertiary alicyclic amines) is 1. The number of hydrogen-bond acceptors (Lipinski definition) is 3. The molecule has 140 valence electrons.